The Morgan fingerprint density at radius 3 is 2.43 bits per heavy atom. The van der Waals surface area contributed by atoms with Crippen LogP contribution in [0.4, 0.5) is 5.69 Å². The summed E-state index contributed by atoms with van der Waals surface area (Å²) in [7, 11) is -3.54. The van der Waals surface area contributed by atoms with E-state index in [0.717, 1.165) is 26.9 Å². The van der Waals surface area contributed by atoms with E-state index >= 15 is 0 Å². The van der Waals surface area contributed by atoms with Gasteiger partial charge in [0, 0.05) is 5.69 Å². The minimum Gasteiger partial charge on any atom is -0.325 e. The van der Waals surface area contributed by atoms with Crippen LogP contribution in [-0.4, -0.2) is 51.4 Å². The average molecular weight is 425 g/mol. The Kier molecular flexibility index (Phi) is 5.85. The molecule has 6 nitrogen and oxygen atoms in total. The number of amides is 1. The van der Waals surface area contributed by atoms with Crippen LogP contribution in [0.1, 0.15) is 5.56 Å². The first-order valence-corrected chi connectivity index (χ1v) is 11.5. The Bertz CT molecular complexity index is 1170. The Morgan fingerprint density at radius 2 is 1.70 bits per heavy atom. The molecule has 1 saturated heterocycles. The highest BCUT2D eigenvalue weighted by atomic mass is 32.2. The number of rotatable bonds is 5. The summed E-state index contributed by atoms with van der Waals surface area (Å²) in [5.74, 6) is -0.0542. The standard InChI is InChI=1S/C23H25N3O3S/c1-18-5-4-8-21(15-18)24-23(27)17-25-11-13-26(14-12-25)30(28,29)22-10-9-19-6-2-3-7-20(19)16-22/h2-10,15-16H,11-14,17H2,1H3,(H,24,27)/p+1. The van der Waals surface area contributed by atoms with Crippen molar-refractivity contribution in [1.29, 1.82) is 0 Å². The highest BCUT2D eigenvalue weighted by Crippen LogP contribution is 2.21. The van der Waals surface area contributed by atoms with Gasteiger partial charge in [0.25, 0.3) is 5.91 Å². The third kappa shape index (κ3) is 4.53. The molecule has 0 unspecified atom stereocenters. The summed E-state index contributed by atoms with van der Waals surface area (Å²) in [6, 6.07) is 20.7. The highest BCUT2D eigenvalue weighted by molar-refractivity contribution is 7.89. The monoisotopic (exact) mass is 424 g/mol. The number of benzene rings is 3. The van der Waals surface area contributed by atoms with Gasteiger partial charge in [0.15, 0.2) is 6.54 Å². The second-order valence-corrected chi connectivity index (χ2v) is 9.70. The molecule has 30 heavy (non-hydrogen) atoms. The first-order valence-electron chi connectivity index (χ1n) is 10.1. The van der Waals surface area contributed by atoms with Crippen molar-refractivity contribution < 1.29 is 18.1 Å². The summed E-state index contributed by atoms with van der Waals surface area (Å²) < 4.78 is 27.7. The van der Waals surface area contributed by atoms with E-state index in [1.807, 2.05) is 61.5 Å². The summed E-state index contributed by atoms with van der Waals surface area (Å²) in [6.07, 6.45) is 0. The van der Waals surface area contributed by atoms with Crippen LogP contribution in [0.15, 0.2) is 71.6 Å². The average Bonchev–Trinajstić information content (AvgIpc) is 2.73. The SMILES string of the molecule is Cc1cccc(NC(=O)C[NH+]2CCN(S(=O)(=O)c3ccc4ccccc4c3)CC2)c1. The maximum Gasteiger partial charge on any atom is 0.279 e. The van der Waals surface area contributed by atoms with Crippen molar-refractivity contribution in [1.82, 2.24) is 4.31 Å². The number of sulfonamides is 1. The second kappa shape index (κ2) is 8.55. The lowest BCUT2D eigenvalue weighted by Gasteiger charge is -2.31. The molecular formula is C23H26N3O3S+. The lowest BCUT2D eigenvalue weighted by molar-refractivity contribution is -0.895. The minimum atomic E-state index is -3.54. The van der Waals surface area contributed by atoms with Gasteiger partial charge in [-0.2, -0.15) is 4.31 Å². The predicted molar refractivity (Wildman–Crippen MR) is 118 cm³/mol. The summed E-state index contributed by atoms with van der Waals surface area (Å²) in [4.78, 5) is 13.8. The molecule has 156 valence electrons. The Labute approximate surface area is 177 Å². The van der Waals surface area contributed by atoms with Crippen LogP contribution >= 0.6 is 0 Å². The number of hydrogen-bond acceptors (Lipinski definition) is 3. The number of carbonyl (C=O) groups excluding carboxylic acids is 1. The van der Waals surface area contributed by atoms with E-state index in [0.29, 0.717) is 37.6 Å². The lowest BCUT2D eigenvalue weighted by Crippen LogP contribution is -3.15. The van der Waals surface area contributed by atoms with Crippen LogP contribution < -0.4 is 10.2 Å². The normalized spacial score (nSPS) is 15.9. The first-order chi connectivity index (χ1) is 14.4. The van der Waals surface area contributed by atoms with Crippen LogP contribution in [0.5, 0.6) is 0 Å². The Balaban J connectivity index is 1.36. The molecular weight excluding hydrogens is 398 g/mol. The van der Waals surface area contributed by atoms with Crippen molar-refractivity contribution in [3.63, 3.8) is 0 Å². The van der Waals surface area contributed by atoms with Crippen LogP contribution in [0, 0.1) is 6.92 Å². The molecule has 1 amide bonds. The third-order valence-corrected chi connectivity index (χ3v) is 7.40. The zero-order chi connectivity index (χ0) is 21.1. The van der Waals surface area contributed by atoms with Crippen molar-refractivity contribution in [3.05, 3.63) is 72.3 Å². The molecule has 1 aliphatic heterocycles. The van der Waals surface area contributed by atoms with Crippen LogP contribution in [-0.2, 0) is 14.8 Å². The number of nitrogens with one attached hydrogen (secondary N) is 2. The minimum absolute atomic E-state index is 0.0542. The van der Waals surface area contributed by atoms with Gasteiger partial charge in [-0.05, 0) is 47.5 Å². The summed E-state index contributed by atoms with van der Waals surface area (Å²) in [6.45, 7) is 4.33. The number of quaternary nitrogens is 1. The fraction of sp³-hybridized carbons (Fsp3) is 0.261. The fourth-order valence-corrected chi connectivity index (χ4v) is 5.33. The van der Waals surface area contributed by atoms with Crippen molar-refractivity contribution >= 4 is 32.4 Å². The lowest BCUT2D eigenvalue weighted by atomic mass is 10.1. The van der Waals surface area contributed by atoms with Gasteiger partial charge in [0.1, 0.15) is 0 Å². The van der Waals surface area contributed by atoms with Crippen molar-refractivity contribution in [2.75, 3.05) is 38.0 Å². The van der Waals surface area contributed by atoms with E-state index in [4.69, 9.17) is 0 Å². The Morgan fingerprint density at radius 1 is 0.967 bits per heavy atom. The fourth-order valence-electron chi connectivity index (χ4n) is 3.85. The van der Waals surface area contributed by atoms with Crippen molar-refractivity contribution in [3.8, 4) is 0 Å². The molecule has 1 heterocycles. The smallest absolute Gasteiger partial charge is 0.279 e. The van der Waals surface area contributed by atoms with Gasteiger partial charge in [-0.1, -0.05) is 42.5 Å². The van der Waals surface area contributed by atoms with Crippen molar-refractivity contribution in [2.24, 2.45) is 0 Å². The third-order valence-electron chi connectivity index (χ3n) is 5.50. The summed E-state index contributed by atoms with van der Waals surface area (Å²) in [5.41, 5.74) is 1.88. The molecule has 1 aliphatic rings. The van der Waals surface area contributed by atoms with Gasteiger partial charge in [-0.15, -0.1) is 0 Å². The molecule has 4 rings (SSSR count). The highest BCUT2D eigenvalue weighted by Gasteiger charge is 2.31. The molecule has 0 bridgehead atoms. The van der Waals surface area contributed by atoms with Crippen molar-refractivity contribution in [2.45, 2.75) is 11.8 Å². The first kappa shape index (κ1) is 20.5. The number of carbonyl (C=O) groups is 1. The molecule has 2 N–H and O–H groups in total. The van der Waals surface area contributed by atoms with E-state index in [2.05, 4.69) is 5.32 Å². The molecule has 0 radical (unpaired) electrons. The van der Waals surface area contributed by atoms with Gasteiger partial charge < -0.3 is 10.2 Å². The molecule has 3 aromatic rings. The molecule has 7 heteroatoms. The second-order valence-electron chi connectivity index (χ2n) is 7.76. The number of hydrogen-bond donors (Lipinski definition) is 2. The van der Waals surface area contributed by atoms with E-state index < -0.39 is 10.0 Å². The van der Waals surface area contributed by atoms with E-state index in [1.165, 1.54) is 4.31 Å². The molecule has 0 spiro atoms. The van der Waals surface area contributed by atoms with E-state index in [9.17, 15) is 13.2 Å². The van der Waals surface area contributed by atoms with Gasteiger partial charge >= 0.3 is 0 Å². The summed E-state index contributed by atoms with van der Waals surface area (Å²) >= 11 is 0. The predicted octanol–water partition coefficient (Wildman–Crippen LogP) is 1.68. The molecule has 0 aromatic heterocycles. The Hall–Kier alpha value is -2.74. The van der Waals surface area contributed by atoms with Gasteiger partial charge in [0.05, 0.1) is 31.1 Å². The van der Waals surface area contributed by atoms with E-state index in [1.54, 1.807) is 12.1 Å². The van der Waals surface area contributed by atoms with E-state index in [-0.39, 0.29) is 5.91 Å². The maximum atomic E-state index is 13.1. The number of piperazine rings is 1. The zero-order valence-corrected chi connectivity index (χ0v) is 17.8. The number of aryl methyl sites for hydroxylation is 1. The molecule has 1 fully saturated rings. The largest absolute Gasteiger partial charge is 0.325 e. The topological polar surface area (TPSA) is 70.9 Å². The van der Waals surface area contributed by atoms with Gasteiger partial charge in [-0.25, -0.2) is 8.42 Å². The molecule has 0 saturated carbocycles. The quantitative estimate of drug-likeness (QED) is 0.655. The summed E-state index contributed by atoms with van der Waals surface area (Å²) in [5, 5.41) is 4.85. The number of nitrogens with zero attached hydrogens (tertiary/aromatic N) is 1. The number of fused-ring (bicyclic) bond motifs is 1. The van der Waals surface area contributed by atoms with Crippen LogP contribution in [0.25, 0.3) is 10.8 Å². The number of anilines is 1. The maximum absolute atomic E-state index is 13.1. The van der Waals surface area contributed by atoms with Crippen LogP contribution in [0.3, 0.4) is 0 Å². The van der Waals surface area contributed by atoms with Gasteiger partial charge in [-0.3, -0.25) is 4.79 Å². The van der Waals surface area contributed by atoms with Crippen LogP contribution in [0.2, 0.25) is 0 Å². The van der Waals surface area contributed by atoms with Gasteiger partial charge in [0.2, 0.25) is 10.0 Å². The molecule has 3 aromatic carbocycles. The zero-order valence-electron chi connectivity index (χ0n) is 17.0. The molecule has 0 atom stereocenters. The molecule has 0 aliphatic carbocycles.